The maximum Gasteiger partial charge on any atom is 0.0433 e. The van der Waals surface area contributed by atoms with E-state index in [-0.39, 0.29) is 0 Å². The quantitative estimate of drug-likeness (QED) is 0.538. The number of hydrogen-bond donors (Lipinski definition) is 1. The predicted molar refractivity (Wildman–Crippen MR) is 61.1 cm³/mol. The fraction of sp³-hybridized carbons (Fsp3) is 0.692. The van der Waals surface area contributed by atoms with Crippen molar-refractivity contribution in [1.82, 2.24) is 0 Å². The first kappa shape index (κ1) is 11.5. The maximum atomic E-state index is 8.66. The average Bonchev–Trinajstić information content (AvgIpc) is 2.38. The van der Waals surface area contributed by atoms with Crippen molar-refractivity contribution in [2.75, 3.05) is 6.61 Å². The number of aliphatic hydroxyl groups excluding tert-OH is 1. The van der Waals surface area contributed by atoms with Gasteiger partial charge in [-0.05, 0) is 37.5 Å². The lowest BCUT2D eigenvalue weighted by atomic mass is 9.77. The summed E-state index contributed by atoms with van der Waals surface area (Å²) in [6.45, 7) is 7.15. The van der Waals surface area contributed by atoms with Gasteiger partial charge in [0.1, 0.15) is 0 Å². The van der Waals surface area contributed by atoms with Crippen LogP contribution in [0.4, 0.5) is 0 Å². The summed E-state index contributed by atoms with van der Waals surface area (Å²) < 4.78 is 0. The Labute approximate surface area is 87.5 Å². The zero-order chi connectivity index (χ0) is 10.6. The van der Waals surface area contributed by atoms with E-state index in [0.717, 1.165) is 12.8 Å². The summed E-state index contributed by atoms with van der Waals surface area (Å²) in [5.74, 6) is 0.654. The monoisotopic (exact) mass is 194 g/mol. The summed E-state index contributed by atoms with van der Waals surface area (Å²) in [6.07, 6.45) is 9.95. The van der Waals surface area contributed by atoms with Gasteiger partial charge in [-0.25, -0.2) is 0 Å². The van der Waals surface area contributed by atoms with Crippen LogP contribution < -0.4 is 0 Å². The Morgan fingerprint density at radius 1 is 1.57 bits per heavy atom. The Hall–Kier alpha value is -0.560. The van der Waals surface area contributed by atoms with Crippen molar-refractivity contribution < 1.29 is 5.11 Å². The molecule has 0 fully saturated rings. The first-order valence-electron chi connectivity index (χ1n) is 5.53. The first-order valence-corrected chi connectivity index (χ1v) is 5.53. The van der Waals surface area contributed by atoms with E-state index in [2.05, 4.69) is 39.0 Å². The molecule has 80 valence electrons. The summed E-state index contributed by atoms with van der Waals surface area (Å²) in [4.78, 5) is 0. The van der Waals surface area contributed by atoms with Crippen LogP contribution in [0.5, 0.6) is 0 Å². The molecule has 0 spiro atoms. The minimum atomic E-state index is 0.301. The summed E-state index contributed by atoms with van der Waals surface area (Å²) in [5.41, 5.74) is 1.84. The fourth-order valence-electron chi connectivity index (χ4n) is 1.94. The fourth-order valence-corrected chi connectivity index (χ4v) is 1.94. The van der Waals surface area contributed by atoms with Crippen molar-refractivity contribution in [3.63, 3.8) is 0 Å². The van der Waals surface area contributed by atoms with Gasteiger partial charge in [-0.1, -0.05) is 37.6 Å². The number of hydrogen-bond acceptors (Lipinski definition) is 1. The number of aliphatic hydroxyl groups is 1. The van der Waals surface area contributed by atoms with Gasteiger partial charge in [0.05, 0.1) is 0 Å². The van der Waals surface area contributed by atoms with Gasteiger partial charge in [0.25, 0.3) is 0 Å². The minimum absolute atomic E-state index is 0.301. The predicted octanol–water partition coefficient (Wildman–Crippen LogP) is 3.31. The van der Waals surface area contributed by atoms with Crippen LogP contribution in [0.15, 0.2) is 23.8 Å². The lowest BCUT2D eigenvalue weighted by Gasteiger charge is -2.27. The molecule has 0 radical (unpaired) electrons. The Bertz CT molecular complexity index is 236. The molecule has 1 heteroatoms. The van der Waals surface area contributed by atoms with Crippen LogP contribution in [0.1, 0.15) is 40.0 Å². The van der Waals surface area contributed by atoms with Crippen molar-refractivity contribution in [1.29, 1.82) is 0 Å². The first-order chi connectivity index (χ1) is 6.59. The second-order valence-corrected chi connectivity index (χ2v) is 4.75. The molecule has 1 aliphatic rings. The Morgan fingerprint density at radius 2 is 2.29 bits per heavy atom. The van der Waals surface area contributed by atoms with E-state index in [4.69, 9.17) is 5.11 Å². The third kappa shape index (κ3) is 2.48. The summed E-state index contributed by atoms with van der Waals surface area (Å²) >= 11 is 0. The molecule has 0 unspecified atom stereocenters. The van der Waals surface area contributed by atoms with Gasteiger partial charge < -0.3 is 5.11 Å². The largest absolute Gasteiger partial charge is 0.396 e. The highest BCUT2D eigenvalue weighted by Crippen LogP contribution is 2.43. The topological polar surface area (TPSA) is 20.2 Å². The highest BCUT2D eigenvalue weighted by Gasteiger charge is 2.32. The van der Waals surface area contributed by atoms with Gasteiger partial charge in [0.15, 0.2) is 0 Å². The molecule has 0 saturated carbocycles. The highest BCUT2D eigenvalue weighted by atomic mass is 16.2. The van der Waals surface area contributed by atoms with Crippen LogP contribution in [-0.4, -0.2) is 11.7 Å². The summed E-state index contributed by atoms with van der Waals surface area (Å²) in [6, 6.07) is 0. The second-order valence-electron chi connectivity index (χ2n) is 4.75. The van der Waals surface area contributed by atoms with Crippen molar-refractivity contribution in [2.45, 2.75) is 40.0 Å². The summed E-state index contributed by atoms with van der Waals surface area (Å²) in [7, 11) is 0. The standard InChI is InChI=1S/C13H22O/c1-11-8-9-12(13(11,2)3)7-5-4-6-10-14/h5,7-8,12,14H,4,6,9-10H2,1-3H3/t12-/m0/s1. The normalized spacial score (nSPS) is 25.7. The highest BCUT2D eigenvalue weighted by molar-refractivity contribution is 5.21. The molecule has 1 nitrogen and oxygen atoms in total. The molecule has 14 heavy (non-hydrogen) atoms. The Kier molecular flexibility index (Phi) is 3.94. The lowest BCUT2D eigenvalue weighted by molar-refractivity contribution is 0.289. The number of rotatable bonds is 4. The molecule has 1 N–H and O–H groups in total. The number of allylic oxidation sites excluding steroid dienone is 4. The molecular weight excluding hydrogens is 172 g/mol. The molecule has 0 saturated heterocycles. The lowest BCUT2D eigenvalue weighted by Crippen LogP contribution is -2.18. The third-order valence-electron chi connectivity index (χ3n) is 3.52. The molecule has 1 atom stereocenters. The molecule has 0 amide bonds. The van der Waals surface area contributed by atoms with Crippen molar-refractivity contribution in [3.8, 4) is 0 Å². The van der Waals surface area contributed by atoms with E-state index < -0.39 is 0 Å². The van der Waals surface area contributed by atoms with Crippen LogP contribution in [-0.2, 0) is 0 Å². The molecule has 0 heterocycles. The van der Waals surface area contributed by atoms with Gasteiger partial charge >= 0.3 is 0 Å². The van der Waals surface area contributed by atoms with E-state index in [1.54, 1.807) is 0 Å². The zero-order valence-corrected chi connectivity index (χ0v) is 9.59. The Morgan fingerprint density at radius 3 is 2.79 bits per heavy atom. The summed E-state index contributed by atoms with van der Waals surface area (Å²) in [5, 5.41) is 8.66. The molecule has 0 aromatic rings. The minimum Gasteiger partial charge on any atom is -0.396 e. The van der Waals surface area contributed by atoms with Crippen LogP contribution in [0, 0.1) is 11.3 Å². The van der Waals surface area contributed by atoms with E-state index in [0.29, 0.717) is 17.9 Å². The zero-order valence-electron chi connectivity index (χ0n) is 9.59. The van der Waals surface area contributed by atoms with Gasteiger partial charge in [0, 0.05) is 6.61 Å². The van der Waals surface area contributed by atoms with Crippen molar-refractivity contribution in [3.05, 3.63) is 23.8 Å². The van der Waals surface area contributed by atoms with Crippen LogP contribution >= 0.6 is 0 Å². The van der Waals surface area contributed by atoms with Crippen molar-refractivity contribution >= 4 is 0 Å². The number of unbranched alkanes of at least 4 members (excludes halogenated alkanes) is 1. The molecule has 0 aliphatic heterocycles. The van der Waals surface area contributed by atoms with E-state index in [1.807, 2.05) is 0 Å². The smallest absolute Gasteiger partial charge is 0.0433 e. The molecule has 1 aliphatic carbocycles. The van der Waals surface area contributed by atoms with E-state index in [9.17, 15) is 0 Å². The SMILES string of the molecule is CC1=CC[C@H](C=CCCCO)C1(C)C. The molecule has 0 aromatic heterocycles. The van der Waals surface area contributed by atoms with E-state index in [1.165, 1.54) is 12.0 Å². The van der Waals surface area contributed by atoms with Crippen LogP contribution in [0.2, 0.25) is 0 Å². The average molecular weight is 194 g/mol. The molecular formula is C13H22O. The van der Waals surface area contributed by atoms with Crippen LogP contribution in [0.25, 0.3) is 0 Å². The van der Waals surface area contributed by atoms with Gasteiger partial charge in [0.2, 0.25) is 0 Å². The van der Waals surface area contributed by atoms with Gasteiger partial charge in [-0.3, -0.25) is 0 Å². The molecule has 0 aromatic carbocycles. The van der Waals surface area contributed by atoms with Crippen molar-refractivity contribution in [2.24, 2.45) is 11.3 Å². The molecule has 0 bridgehead atoms. The van der Waals surface area contributed by atoms with Gasteiger partial charge in [-0.2, -0.15) is 0 Å². The van der Waals surface area contributed by atoms with Crippen LogP contribution in [0.3, 0.4) is 0 Å². The van der Waals surface area contributed by atoms with E-state index >= 15 is 0 Å². The maximum absolute atomic E-state index is 8.66. The Balaban J connectivity index is 2.44. The third-order valence-corrected chi connectivity index (χ3v) is 3.52. The molecule has 1 rings (SSSR count). The second kappa shape index (κ2) is 4.79. The van der Waals surface area contributed by atoms with Gasteiger partial charge in [-0.15, -0.1) is 0 Å².